The molecule has 3 rings (SSSR count). The normalized spacial score (nSPS) is 15.6. The summed E-state index contributed by atoms with van der Waals surface area (Å²) in [5.74, 6) is -1.71. The van der Waals surface area contributed by atoms with E-state index in [0.29, 0.717) is 17.2 Å². The predicted molar refractivity (Wildman–Crippen MR) is 132 cm³/mol. The third kappa shape index (κ3) is 6.54. The van der Waals surface area contributed by atoms with Gasteiger partial charge < -0.3 is 15.4 Å². The Hall–Kier alpha value is -3.15. The highest BCUT2D eigenvalue weighted by molar-refractivity contribution is 6.33. The molecule has 1 aromatic heterocycles. The molecule has 1 fully saturated rings. The van der Waals surface area contributed by atoms with Crippen molar-refractivity contribution in [1.82, 2.24) is 10.3 Å². The van der Waals surface area contributed by atoms with Gasteiger partial charge in [0.05, 0.1) is 22.4 Å². The van der Waals surface area contributed by atoms with Gasteiger partial charge in [0.1, 0.15) is 11.4 Å². The molecule has 2 aromatic rings. The number of aromatic nitrogens is 1. The van der Waals surface area contributed by atoms with E-state index in [0.717, 1.165) is 13.3 Å². The third-order valence-corrected chi connectivity index (χ3v) is 5.70. The van der Waals surface area contributed by atoms with Crippen LogP contribution in [0.5, 0.6) is 0 Å². The first-order chi connectivity index (χ1) is 16.9. The molecule has 8 nitrogen and oxygen atoms in total. The van der Waals surface area contributed by atoms with Crippen molar-refractivity contribution in [2.75, 3.05) is 23.5 Å². The van der Waals surface area contributed by atoms with Crippen molar-refractivity contribution in [3.05, 3.63) is 63.9 Å². The lowest BCUT2D eigenvalue weighted by Crippen LogP contribution is -2.40. The number of hydrazone groups is 1. The summed E-state index contributed by atoms with van der Waals surface area (Å²) < 4.78 is 45.0. The molecule has 2 amide bonds. The van der Waals surface area contributed by atoms with Crippen LogP contribution in [0.4, 0.5) is 24.7 Å². The fourth-order valence-electron chi connectivity index (χ4n) is 3.09. The standard InChI is InChI=1S/C23H22Cl2F3N5O3/c1-12-9-15(24)10-17(22(35)30-11-16-6-8-36-16)19(12)31-21(34)13(2)33(32-14(3)23(26,27)28)20-18(25)5-4-7-29-20/h4-5,7,9-10,16H,2,6,8,11H2,1,3H3,(H,30,35)(H,31,34)/b32-14+. The smallest absolute Gasteiger partial charge is 0.376 e. The van der Waals surface area contributed by atoms with Crippen LogP contribution in [0.3, 0.4) is 0 Å². The number of carbonyl (C=O) groups excluding carboxylic acids is 2. The van der Waals surface area contributed by atoms with E-state index in [9.17, 15) is 22.8 Å². The molecular formula is C23H22Cl2F3N5O3. The summed E-state index contributed by atoms with van der Waals surface area (Å²) in [5, 5.41) is 9.54. The van der Waals surface area contributed by atoms with Gasteiger partial charge in [0.25, 0.3) is 11.8 Å². The minimum Gasteiger partial charge on any atom is -0.376 e. The van der Waals surface area contributed by atoms with Crippen molar-refractivity contribution in [1.29, 1.82) is 0 Å². The quantitative estimate of drug-likeness (QED) is 0.274. The second-order valence-electron chi connectivity index (χ2n) is 7.84. The summed E-state index contributed by atoms with van der Waals surface area (Å²) in [6.07, 6.45) is -2.80. The molecule has 2 N–H and O–H groups in total. The van der Waals surface area contributed by atoms with Crippen molar-refractivity contribution < 1.29 is 27.5 Å². The molecule has 0 aliphatic carbocycles. The van der Waals surface area contributed by atoms with Gasteiger partial charge in [-0.05, 0) is 50.1 Å². The van der Waals surface area contributed by atoms with Crippen LogP contribution in [0, 0.1) is 6.92 Å². The van der Waals surface area contributed by atoms with Gasteiger partial charge in [-0.3, -0.25) is 9.59 Å². The second kappa shape index (κ2) is 11.3. The minimum absolute atomic E-state index is 0.0536. The van der Waals surface area contributed by atoms with E-state index in [1.54, 1.807) is 6.92 Å². The first kappa shape index (κ1) is 27.4. The van der Waals surface area contributed by atoms with E-state index in [1.807, 2.05) is 0 Å². The van der Waals surface area contributed by atoms with Crippen LogP contribution in [-0.4, -0.2) is 47.9 Å². The summed E-state index contributed by atoms with van der Waals surface area (Å²) in [6.45, 7) is 6.82. The third-order valence-electron chi connectivity index (χ3n) is 5.18. The van der Waals surface area contributed by atoms with Gasteiger partial charge in [0, 0.05) is 24.4 Å². The molecule has 36 heavy (non-hydrogen) atoms. The summed E-state index contributed by atoms with van der Waals surface area (Å²) in [6, 6.07) is 5.72. The number of nitrogens with zero attached hydrogens (tertiary/aromatic N) is 3. The van der Waals surface area contributed by atoms with Crippen LogP contribution in [-0.2, 0) is 9.53 Å². The molecule has 192 valence electrons. The Kier molecular flexibility index (Phi) is 8.59. The number of nitrogens with one attached hydrogen (secondary N) is 2. The molecule has 1 atom stereocenters. The maximum Gasteiger partial charge on any atom is 0.430 e. The highest BCUT2D eigenvalue weighted by Gasteiger charge is 2.34. The number of benzene rings is 1. The number of alkyl halides is 3. The van der Waals surface area contributed by atoms with Crippen molar-refractivity contribution in [3.8, 4) is 0 Å². The van der Waals surface area contributed by atoms with Crippen LogP contribution in [0.1, 0.15) is 29.3 Å². The van der Waals surface area contributed by atoms with Crippen LogP contribution >= 0.6 is 23.2 Å². The number of halogens is 5. The lowest BCUT2D eigenvalue weighted by atomic mass is 10.1. The summed E-state index contributed by atoms with van der Waals surface area (Å²) in [4.78, 5) is 29.9. The van der Waals surface area contributed by atoms with E-state index < -0.39 is 29.4 Å². The lowest BCUT2D eigenvalue weighted by molar-refractivity contribution is -0.113. The Bertz CT molecular complexity index is 1220. The molecule has 0 spiro atoms. The van der Waals surface area contributed by atoms with Gasteiger partial charge in [0.2, 0.25) is 0 Å². The minimum atomic E-state index is -4.78. The van der Waals surface area contributed by atoms with E-state index in [-0.39, 0.29) is 39.8 Å². The first-order valence-electron chi connectivity index (χ1n) is 10.6. The molecule has 0 saturated carbocycles. The Labute approximate surface area is 215 Å². The largest absolute Gasteiger partial charge is 0.430 e. The van der Waals surface area contributed by atoms with Crippen molar-refractivity contribution in [3.63, 3.8) is 0 Å². The fourth-order valence-corrected chi connectivity index (χ4v) is 3.57. The molecule has 1 unspecified atom stereocenters. The topological polar surface area (TPSA) is 95.9 Å². The molecule has 13 heteroatoms. The van der Waals surface area contributed by atoms with E-state index in [4.69, 9.17) is 27.9 Å². The highest BCUT2D eigenvalue weighted by atomic mass is 35.5. The summed E-state index contributed by atoms with van der Waals surface area (Å²) >= 11 is 12.2. The average Bonchev–Trinajstić information content (AvgIpc) is 2.77. The van der Waals surface area contributed by atoms with Crippen LogP contribution < -0.4 is 15.6 Å². The lowest BCUT2D eigenvalue weighted by Gasteiger charge is -2.26. The first-order valence-corrected chi connectivity index (χ1v) is 11.4. The maximum atomic E-state index is 13.2. The monoisotopic (exact) mass is 543 g/mol. The number of aryl methyl sites for hydroxylation is 1. The van der Waals surface area contributed by atoms with Gasteiger partial charge in [-0.2, -0.15) is 18.3 Å². The number of amides is 2. The molecule has 0 radical (unpaired) electrons. The predicted octanol–water partition coefficient (Wildman–Crippen LogP) is 5.11. The summed E-state index contributed by atoms with van der Waals surface area (Å²) in [7, 11) is 0. The van der Waals surface area contributed by atoms with Crippen molar-refractivity contribution in [2.24, 2.45) is 5.10 Å². The fraction of sp³-hybridized carbons (Fsp3) is 0.304. The average molecular weight is 544 g/mol. The van der Waals surface area contributed by atoms with E-state index >= 15 is 0 Å². The number of ether oxygens (including phenoxy) is 1. The Morgan fingerprint density at radius 1 is 1.33 bits per heavy atom. The Balaban J connectivity index is 1.92. The molecule has 1 aliphatic heterocycles. The van der Waals surface area contributed by atoms with Gasteiger partial charge in [-0.25, -0.2) is 9.99 Å². The molecule has 1 aromatic carbocycles. The zero-order valence-corrected chi connectivity index (χ0v) is 20.8. The van der Waals surface area contributed by atoms with Crippen LogP contribution in [0.2, 0.25) is 10.0 Å². The number of hydrogen-bond donors (Lipinski definition) is 2. The zero-order valence-electron chi connectivity index (χ0n) is 19.2. The highest BCUT2D eigenvalue weighted by Crippen LogP contribution is 2.30. The molecule has 1 aliphatic rings. The van der Waals surface area contributed by atoms with Crippen LogP contribution in [0.25, 0.3) is 0 Å². The number of hydrogen-bond acceptors (Lipinski definition) is 6. The zero-order chi connectivity index (χ0) is 26.6. The van der Waals surface area contributed by atoms with Gasteiger partial charge in [-0.15, -0.1) is 0 Å². The van der Waals surface area contributed by atoms with Gasteiger partial charge >= 0.3 is 6.18 Å². The molecule has 2 heterocycles. The molecular weight excluding hydrogens is 522 g/mol. The SMILES string of the molecule is C=C(C(=O)Nc1c(C)cc(Cl)cc1C(=O)NCC1CCO1)N(/N=C(\C)C(F)(F)F)c1ncccc1Cl. The van der Waals surface area contributed by atoms with E-state index in [2.05, 4.69) is 27.3 Å². The number of pyridine rings is 1. The van der Waals surface area contributed by atoms with Crippen molar-refractivity contribution >= 4 is 52.2 Å². The van der Waals surface area contributed by atoms with Gasteiger partial charge in [-0.1, -0.05) is 29.8 Å². The second-order valence-corrected chi connectivity index (χ2v) is 8.69. The Morgan fingerprint density at radius 2 is 2.03 bits per heavy atom. The maximum absolute atomic E-state index is 13.2. The number of carbonyl (C=O) groups is 2. The van der Waals surface area contributed by atoms with Crippen LogP contribution in [0.15, 0.2) is 47.8 Å². The number of anilines is 2. The van der Waals surface area contributed by atoms with Gasteiger partial charge in [0.15, 0.2) is 5.82 Å². The summed E-state index contributed by atoms with van der Waals surface area (Å²) in [5.41, 5.74) is -1.20. The Morgan fingerprint density at radius 3 is 2.61 bits per heavy atom. The molecule has 1 saturated heterocycles. The number of rotatable bonds is 8. The molecule has 0 bridgehead atoms. The van der Waals surface area contributed by atoms with E-state index in [1.165, 1.54) is 30.5 Å². The van der Waals surface area contributed by atoms with Crippen molar-refractivity contribution in [2.45, 2.75) is 32.5 Å².